The highest BCUT2D eigenvalue weighted by atomic mass is 35.5. The maximum atomic E-state index is 11.0. The van der Waals surface area contributed by atoms with Crippen molar-refractivity contribution in [3.05, 3.63) is 28.8 Å². The Morgan fingerprint density at radius 1 is 1.59 bits per heavy atom. The molecule has 1 aromatic rings. The first kappa shape index (κ1) is 13.3. The van der Waals surface area contributed by atoms with Gasteiger partial charge in [0, 0.05) is 0 Å². The van der Waals surface area contributed by atoms with Crippen LogP contribution in [0.3, 0.4) is 0 Å². The van der Waals surface area contributed by atoms with E-state index in [1.807, 2.05) is 6.07 Å². The summed E-state index contributed by atoms with van der Waals surface area (Å²) < 4.78 is 10.0. The van der Waals surface area contributed by atoms with Gasteiger partial charge in [-0.2, -0.15) is 5.26 Å². The minimum absolute atomic E-state index is 0.146. The van der Waals surface area contributed by atoms with Gasteiger partial charge in [-0.3, -0.25) is 4.79 Å². The number of hydrogen-bond acceptors (Lipinski definition) is 4. The zero-order valence-electron chi connectivity index (χ0n) is 9.57. The van der Waals surface area contributed by atoms with E-state index in [1.54, 1.807) is 19.1 Å². The van der Waals surface area contributed by atoms with Gasteiger partial charge in [-0.25, -0.2) is 0 Å². The summed E-state index contributed by atoms with van der Waals surface area (Å²) in [6.45, 7) is 1.74. The molecular formula is C12H12ClNO3. The van der Waals surface area contributed by atoms with Crippen LogP contribution < -0.4 is 4.74 Å². The van der Waals surface area contributed by atoms with Crippen LogP contribution in [-0.2, 0) is 9.53 Å². The molecule has 0 saturated heterocycles. The van der Waals surface area contributed by atoms with Gasteiger partial charge in [0.2, 0.25) is 0 Å². The number of esters is 1. The number of carbonyl (C=O) groups excluding carboxylic acids is 1. The van der Waals surface area contributed by atoms with Crippen LogP contribution in [0.2, 0.25) is 5.02 Å². The number of nitrogens with zero attached hydrogens (tertiary/aromatic N) is 1. The molecule has 0 aliphatic rings. The molecule has 5 heteroatoms. The Morgan fingerprint density at radius 3 is 2.82 bits per heavy atom. The van der Waals surface area contributed by atoms with Gasteiger partial charge in [-0.05, 0) is 25.1 Å². The highest BCUT2D eigenvalue weighted by Gasteiger charge is 2.12. The van der Waals surface area contributed by atoms with Crippen LogP contribution >= 0.6 is 11.6 Å². The van der Waals surface area contributed by atoms with Crippen molar-refractivity contribution >= 4 is 17.6 Å². The topological polar surface area (TPSA) is 59.3 Å². The number of carbonyl (C=O) groups is 1. The van der Waals surface area contributed by atoms with Crippen molar-refractivity contribution in [3.63, 3.8) is 0 Å². The van der Waals surface area contributed by atoms with E-state index in [4.69, 9.17) is 21.6 Å². The third kappa shape index (κ3) is 3.97. The smallest absolute Gasteiger partial charge is 0.309 e. The fraction of sp³-hybridized carbons (Fsp3) is 0.333. The number of nitriles is 1. The van der Waals surface area contributed by atoms with E-state index in [-0.39, 0.29) is 18.5 Å². The number of halogens is 1. The van der Waals surface area contributed by atoms with Crippen molar-refractivity contribution in [1.82, 2.24) is 0 Å². The Labute approximate surface area is 105 Å². The van der Waals surface area contributed by atoms with Gasteiger partial charge in [0.1, 0.15) is 11.9 Å². The Bertz CT molecular complexity index is 454. The molecule has 0 aliphatic heterocycles. The van der Waals surface area contributed by atoms with Gasteiger partial charge in [-0.15, -0.1) is 0 Å². The molecule has 0 spiro atoms. The van der Waals surface area contributed by atoms with Crippen LogP contribution in [0.5, 0.6) is 5.75 Å². The molecule has 0 heterocycles. The fourth-order valence-corrected chi connectivity index (χ4v) is 1.47. The maximum absolute atomic E-state index is 11.0. The Hall–Kier alpha value is -1.73. The minimum atomic E-state index is -0.345. The van der Waals surface area contributed by atoms with Crippen molar-refractivity contribution in [1.29, 1.82) is 5.26 Å². The average Bonchev–Trinajstić information content (AvgIpc) is 2.31. The van der Waals surface area contributed by atoms with Gasteiger partial charge in [0.25, 0.3) is 0 Å². The molecule has 0 N–H and O–H groups in total. The quantitative estimate of drug-likeness (QED) is 0.774. The van der Waals surface area contributed by atoms with Crippen LogP contribution in [-0.4, -0.2) is 19.2 Å². The number of rotatable bonds is 4. The first-order valence-corrected chi connectivity index (χ1v) is 5.37. The summed E-state index contributed by atoms with van der Waals surface area (Å²) in [4.78, 5) is 11.0. The lowest BCUT2D eigenvalue weighted by atomic mass is 10.2. The van der Waals surface area contributed by atoms with Gasteiger partial charge in [-0.1, -0.05) is 11.6 Å². The Kier molecular flexibility index (Phi) is 4.80. The summed E-state index contributed by atoms with van der Waals surface area (Å²) in [6, 6.07) is 6.70. The van der Waals surface area contributed by atoms with Crippen LogP contribution in [0, 0.1) is 11.3 Å². The highest BCUT2D eigenvalue weighted by Crippen LogP contribution is 2.26. The second-order valence-electron chi connectivity index (χ2n) is 3.47. The van der Waals surface area contributed by atoms with Crippen LogP contribution in [0.4, 0.5) is 0 Å². The van der Waals surface area contributed by atoms with Crippen LogP contribution in [0.1, 0.15) is 18.9 Å². The predicted octanol–water partition coefficient (Wildman–Crippen LogP) is 2.54. The summed E-state index contributed by atoms with van der Waals surface area (Å²) in [5, 5.41) is 9.02. The minimum Gasteiger partial charge on any atom is -0.489 e. The van der Waals surface area contributed by atoms with E-state index in [2.05, 4.69) is 4.74 Å². The number of ether oxygens (including phenoxy) is 2. The zero-order valence-corrected chi connectivity index (χ0v) is 10.3. The molecule has 1 aromatic carbocycles. The summed E-state index contributed by atoms with van der Waals surface area (Å²) >= 11 is 5.93. The molecule has 1 unspecified atom stereocenters. The maximum Gasteiger partial charge on any atom is 0.309 e. The predicted molar refractivity (Wildman–Crippen MR) is 62.9 cm³/mol. The number of hydrogen-bond donors (Lipinski definition) is 0. The first-order valence-electron chi connectivity index (χ1n) is 5.00. The van der Waals surface area contributed by atoms with Crippen LogP contribution in [0.15, 0.2) is 18.2 Å². The molecule has 17 heavy (non-hydrogen) atoms. The molecule has 0 aromatic heterocycles. The summed E-state index contributed by atoms with van der Waals surface area (Å²) in [7, 11) is 1.32. The van der Waals surface area contributed by atoms with E-state index < -0.39 is 0 Å². The highest BCUT2D eigenvalue weighted by molar-refractivity contribution is 6.32. The largest absolute Gasteiger partial charge is 0.489 e. The van der Waals surface area contributed by atoms with Gasteiger partial charge < -0.3 is 9.47 Å². The monoisotopic (exact) mass is 253 g/mol. The van der Waals surface area contributed by atoms with Gasteiger partial charge in [0.15, 0.2) is 0 Å². The Balaban J connectivity index is 2.69. The standard InChI is InChI=1S/C12H12ClNO3/c1-8(5-12(15)16-2)17-11-4-3-9(7-14)6-10(11)13/h3-4,6,8H,5H2,1-2H3. The van der Waals surface area contributed by atoms with Crippen molar-refractivity contribution < 1.29 is 14.3 Å². The molecule has 4 nitrogen and oxygen atoms in total. The lowest BCUT2D eigenvalue weighted by Crippen LogP contribution is -2.18. The molecule has 0 bridgehead atoms. The number of benzene rings is 1. The molecule has 0 radical (unpaired) electrons. The first-order chi connectivity index (χ1) is 8.06. The van der Waals surface area contributed by atoms with E-state index in [9.17, 15) is 4.79 Å². The molecule has 90 valence electrons. The van der Waals surface area contributed by atoms with Gasteiger partial charge >= 0.3 is 5.97 Å². The van der Waals surface area contributed by atoms with E-state index in [1.165, 1.54) is 13.2 Å². The van der Waals surface area contributed by atoms with Crippen molar-refractivity contribution in [2.75, 3.05) is 7.11 Å². The van der Waals surface area contributed by atoms with Crippen molar-refractivity contribution in [2.24, 2.45) is 0 Å². The van der Waals surface area contributed by atoms with E-state index in [0.29, 0.717) is 16.3 Å². The average molecular weight is 254 g/mol. The lowest BCUT2D eigenvalue weighted by Gasteiger charge is -2.14. The Morgan fingerprint density at radius 2 is 2.29 bits per heavy atom. The normalized spacial score (nSPS) is 11.4. The fourth-order valence-electron chi connectivity index (χ4n) is 1.24. The van der Waals surface area contributed by atoms with E-state index >= 15 is 0 Å². The summed E-state index contributed by atoms with van der Waals surface area (Å²) in [6.07, 6.45) is -0.194. The summed E-state index contributed by atoms with van der Waals surface area (Å²) in [5.41, 5.74) is 0.461. The third-order valence-electron chi connectivity index (χ3n) is 2.07. The van der Waals surface area contributed by atoms with Gasteiger partial charge in [0.05, 0.1) is 30.2 Å². The van der Waals surface area contributed by atoms with Crippen LogP contribution in [0.25, 0.3) is 0 Å². The molecule has 0 fully saturated rings. The van der Waals surface area contributed by atoms with Crippen molar-refractivity contribution in [2.45, 2.75) is 19.4 Å². The zero-order chi connectivity index (χ0) is 12.8. The molecule has 0 amide bonds. The molecular weight excluding hydrogens is 242 g/mol. The molecule has 0 aliphatic carbocycles. The second kappa shape index (κ2) is 6.12. The van der Waals surface area contributed by atoms with Crippen molar-refractivity contribution in [3.8, 4) is 11.8 Å². The second-order valence-corrected chi connectivity index (χ2v) is 3.87. The molecule has 0 saturated carbocycles. The molecule has 1 rings (SSSR count). The summed E-state index contributed by atoms with van der Waals surface area (Å²) in [5.74, 6) is 0.101. The third-order valence-corrected chi connectivity index (χ3v) is 2.37. The SMILES string of the molecule is COC(=O)CC(C)Oc1ccc(C#N)cc1Cl. The lowest BCUT2D eigenvalue weighted by molar-refractivity contribution is -0.142. The molecule has 1 atom stereocenters. The number of methoxy groups -OCH3 is 1. The van der Waals surface area contributed by atoms with E-state index in [0.717, 1.165) is 0 Å².